The van der Waals surface area contributed by atoms with Crippen molar-refractivity contribution >= 4 is 33.3 Å². The lowest BCUT2D eigenvalue weighted by Crippen LogP contribution is -2.17. The molecule has 7 nitrogen and oxygen atoms in total. The number of carboxylic acid groups (broad SMARTS) is 1. The molecule has 0 saturated heterocycles. The molecule has 3 N–H and O–H groups in total. The molecule has 0 fully saturated rings. The van der Waals surface area contributed by atoms with E-state index in [2.05, 4.69) is 0 Å². The van der Waals surface area contributed by atoms with E-state index in [0.717, 1.165) is 36.9 Å². The van der Waals surface area contributed by atoms with Crippen LogP contribution in [0.1, 0.15) is 35.2 Å². The maximum atomic E-state index is 14.7. The number of aliphatic hydroxyl groups excluding tert-OH is 1. The zero-order chi connectivity index (χ0) is 25.9. The number of hydrogen-bond donors (Lipinski definition) is 3. The molecule has 1 unspecified atom stereocenters. The fraction of sp³-hybridized carbons (Fsp3) is 0.208. The first kappa shape index (κ1) is 26.4. The van der Waals surface area contributed by atoms with Crippen LogP contribution < -0.4 is 9.46 Å². The number of methoxy groups -OCH3 is 1. The Morgan fingerprint density at radius 3 is 2.49 bits per heavy atom. The van der Waals surface area contributed by atoms with E-state index in [4.69, 9.17) is 16.3 Å². The van der Waals surface area contributed by atoms with Crippen LogP contribution >= 0.6 is 11.6 Å². The fourth-order valence-electron chi connectivity index (χ4n) is 3.65. The first-order valence-electron chi connectivity index (χ1n) is 10.3. The predicted octanol–water partition coefficient (Wildman–Crippen LogP) is 5.28. The Balaban J connectivity index is 2.14. The normalized spacial score (nSPS) is 12.3. The van der Waals surface area contributed by atoms with E-state index in [1.807, 2.05) is 11.6 Å². The lowest BCUT2D eigenvalue weighted by Gasteiger charge is -2.18. The van der Waals surface area contributed by atoms with Crippen LogP contribution in [0.4, 0.5) is 14.5 Å². The summed E-state index contributed by atoms with van der Waals surface area (Å²) in [4.78, 5) is 10.7. The van der Waals surface area contributed by atoms with Gasteiger partial charge in [-0.3, -0.25) is 4.72 Å². The number of aromatic carboxylic acids is 1. The highest BCUT2D eigenvalue weighted by atomic mass is 35.5. The molecule has 0 amide bonds. The number of sulfonamides is 1. The number of aliphatic hydroxyl groups is 1. The zero-order valence-corrected chi connectivity index (χ0v) is 20.3. The van der Waals surface area contributed by atoms with Crippen molar-refractivity contribution in [2.75, 3.05) is 18.4 Å². The molecule has 186 valence electrons. The molecule has 0 heterocycles. The minimum absolute atomic E-state index is 0.0713. The third-order valence-corrected chi connectivity index (χ3v) is 7.04. The minimum Gasteiger partial charge on any atom is -0.494 e. The average molecular weight is 526 g/mol. The van der Waals surface area contributed by atoms with Crippen LogP contribution in [0.3, 0.4) is 0 Å². The van der Waals surface area contributed by atoms with Gasteiger partial charge < -0.3 is 14.9 Å². The molecule has 11 heteroatoms. The average Bonchev–Trinajstić information content (AvgIpc) is 2.81. The molecule has 0 radical (unpaired) electrons. The van der Waals surface area contributed by atoms with E-state index >= 15 is 0 Å². The molecule has 0 saturated carbocycles. The van der Waals surface area contributed by atoms with Gasteiger partial charge >= 0.3 is 5.97 Å². The first-order valence-corrected chi connectivity index (χ1v) is 12.2. The third-order valence-electron chi connectivity index (χ3n) is 5.39. The van der Waals surface area contributed by atoms with Crippen molar-refractivity contribution in [3.8, 4) is 16.9 Å². The predicted molar refractivity (Wildman–Crippen MR) is 128 cm³/mol. The van der Waals surface area contributed by atoms with Gasteiger partial charge in [-0.1, -0.05) is 42.8 Å². The van der Waals surface area contributed by atoms with Gasteiger partial charge in [0.15, 0.2) is 17.4 Å². The van der Waals surface area contributed by atoms with E-state index in [9.17, 15) is 32.2 Å². The molecule has 1 atom stereocenters. The maximum Gasteiger partial charge on any atom is 0.335 e. The summed E-state index contributed by atoms with van der Waals surface area (Å²) in [6.07, 6.45) is 0.431. The van der Waals surface area contributed by atoms with E-state index in [0.29, 0.717) is 12.0 Å². The summed E-state index contributed by atoms with van der Waals surface area (Å²) in [7, 11) is -3.54. The summed E-state index contributed by atoms with van der Waals surface area (Å²) in [5, 5.41) is 18.3. The summed E-state index contributed by atoms with van der Waals surface area (Å²) in [6.45, 7) is 1.79. The smallest absolute Gasteiger partial charge is 0.335 e. The molecule has 3 aromatic rings. The van der Waals surface area contributed by atoms with Crippen molar-refractivity contribution < 1.29 is 36.9 Å². The Hall–Kier alpha value is -3.21. The lowest BCUT2D eigenvalue weighted by atomic mass is 9.90. The molecular weight excluding hydrogens is 504 g/mol. The second-order valence-electron chi connectivity index (χ2n) is 7.72. The number of carboxylic acids is 1. The van der Waals surface area contributed by atoms with E-state index in [-0.39, 0.29) is 28.9 Å². The van der Waals surface area contributed by atoms with Crippen LogP contribution in [-0.2, 0) is 10.0 Å². The zero-order valence-electron chi connectivity index (χ0n) is 18.7. The number of rotatable bonds is 9. The summed E-state index contributed by atoms with van der Waals surface area (Å²) in [5.74, 6) is -4.66. The maximum absolute atomic E-state index is 14.7. The highest BCUT2D eigenvalue weighted by Crippen LogP contribution is 2.37. The Labute approximate surface area is 206 Å². The molecule has 3 rings (SSSR count). The number of carbonyl (C=O) groups is 1. The van der Waals surface area contributed by atoms with E-state index in [1.165, 1.54) is 0 Å². The Bertz CT molecular complexity index is 1380. The van der Waals surface area contributed by atoms with E-state index < -0.39 is 43.8 Å². The summed E-state index contributed by atoms with van der Waals surface area (Å²) >= 11 is 5.99. The van der Waals surface area contributed by atoms with Crippen LogP contribution in [0.25, 0.3) is 11.1 Å². The van der Waals surface area contributed by atoms with Crippen LogP contribution in [0.5, 0.6) is 5.75 Å². The van der Waals surface area contributed by atoms with Crippen molar-refractivity contribution in [2.24, 2.45) is 0 Å². The lowest BCUT2D eigenvalue weighted by molar-refractivity contribution is 0.0696. The molecule has 0 aliphatic rings. The van der Waals surface area contributed by atoms with Gasteiger partial charge in [0.25, 0.3) is 10.0 Å². The first-order chi connectivity index (χ1) is 16.5. The monoisotopic (exact) mass is 525 g/mol. The fourth-order valence-corrected chi connectivity index (χ4v) is 5.27. The Kier molecular flexibility index (Phi) is 7.99. The highest BCUT2D eigenvalue weighted by Gasteiger charge is 2.27. The standard InChI is InChI=1S/C24H22ClF2NO6S/c1-13(7-8-29)16-5-3-4-6-17(16)14-10-19(26)22(27)20(11-14)28-35(32,33)21-12-15(24(30)31)9-18(25)23(21)34-2/h3-6,9-13,28-29H,7-8H2,1-2H3,(H,30,31). The highest BCUT2D eigenvalue weighted by molar-refractivity contribution is 7.92. The molecule has 0 bridgehead atoms. The quantitative estimate of drug-likeness (QED) is 0.350. The van der Waals surface area contributed by atoms with Gasteiger partial charge in [-0.2, -0.15) is 0 Å². The number of hydrogen-bond acceptors (Lipinski definition) is 5. The van der Waals surface area contributed by atoms with Crippen molar-refractivity contribution in [1.29, 1.82) is 0 Å². The van der Waals surface area contributed by atoms with Crippen LogP contribution in [0.2, 0.25) is 5.02 Å². The number of anilines is 1. The summed E-state index contributed by atoms with van der Waals surface area (Å²) in [5.41, 5.74) is 0.350. The Morgan fingerprint density at radius 1 is 1.17 bits per heavy atom. The Morgan fingerprint density at radius 2 is 1.86 bits per heavy atom. The topological polar surface area (TPSA) is 113 Å². The van der Waals surface area contributed by atoms with Crippen molar-refractivity contribution in [3.05, 3.63) is 76.3 Å². The minimum atomic E-state index is -4.67. The molecule has 0 aliphatic carbocycles. The number of nitrogens with one attached hydrogen (secondary N) is 1. The van der Waals surface area contributed by atoms with Gasteiger partial charge in [-0.25, -0.2) is 22.0 Å². The molecule has 0 aliphatic heterocycles. The van der Waals surface area contributed by atoms with Crippen LogP contribution in [0, 0.1) is 11.6 Å². The van der Waals surface area contributed by atoms with Gasteiger partial charge in [-0.15, -0.1) is 0 Å². The van der Waals surface area contributed by atoms with Crippen molar-refractivity contribution in [1.82, 2.24) is 0 Å². The number of halogens is 3. The van der Waals surface area contributed by atoms with Gasteiger partial charge in [0.2, 0.25) is 0 Å². The van der Waals surface area contributed by atoms with Gasteiger partial charge in [0, 0.05) is 6.61 Å². The second-order valence-corrected chi connectivity index (χ2v) is 9.78. The molecular formula is C24H22ClF2NO6S. The largest absolute Gasteiger partial charge is 0.494 e. The van der Waals surface area contributed by atoms with Crippen molar-refractivity contribution in [3.63, 3.8) is 0 Å². The second kappa shape index (κ2) is 10.6. The van der Waals surface area contributed by atoms with Gasteiger partial charge in [0.05, 0.1) is 23.4 Å². The van der Waals surface area contributed by atoms with E-state index in [1.54, 1.807) is 24.3 Å². The number of ether oxygens (including phenoxy) is 1. The molecule has 3 aromatic carbocycles. The summed E-state index contributed by atoms with van der Waals surface area (Å²) in [6, 6.07) is 10.8. The SMILES string of the molecule is COc1c(Cl)cc(C(=O)O)cc1S(=O)(=O)Nc1cc(-c2ccccc2C(C)CCO)cc(F)c1F. The van der Waals surface area contributed by atoms with Gasteiger partial charge in [-0.05, 0) is 53.3 Å². The van der Waals surface area contributed by atoms with Crippen molar-refractivity contribution in [2.45, 2.75) is 24.2 Å². The number of benzene rings is 3. The summed E-state index contributed by atoms with van der Waals surface area (Å²) < 4.78 is 62.5. The van der Waals surface area contributed by atoms with Crippen LogP contribution in [0.15, 0.2) is 53.4 Å². The van der Waals surface area contributed by atoms with Crippen LogP contribution in [-0.4, -0.2) is 38.3 Å². The molecule has 0 spiro atoms. The molecule has 0 aromatic heterocycles. The molecule has 35 heavy (non-hydrogen) atoms. The third kappa shape index (κ3) is 5.55. The van der Waals surface area contributed by atoms with Gasteiger partial charge in [0.1, 0.15) is 4.90 Å².